The van der Waals surface area contributed by atoms with Crippen LogP contribution in [0.25, 0.3) is 0 Å². The van der Waals surface area contributed by atoms with Crippen LogP contribution in [0.4, 0.5) is 5.69 Å². The van der Waals surface area contributed by atoms with Crippen LogP contribution in [-0.4, -0.2) is 76.6 Å². The van der Waals surface area contributed by atoms with Crippen molar-refractivity contribution in [1.29, 1.82) is 0 Å². The van der Waals surface area contributed by atoms with Gasteiger partial charge in [0.15, 0.2) is 6.79 Å². The Morgan fingerprint density at radius 2 is 1.91 bits per heavy atom. The van der Waals surface area contributed by atoms with Gasteiger partial charge >= 0.3 is 5.97 Å². The highest BCUT2D eigenvalue weighted by Crippen LogP contribution is 2.30. The molecule has 2 aromatic carbocycles. The first-order valence-corrected chi connectivity index (χ1v) is 10.6. The zero-order chi connectivity index (χ0) is 22.9. The van der Waals surface area contributed by atoms with Crippen molar-refractivity contribution < 1.29 is 28.8 Å². The Morgan fingerprint density at radius 3 is 2.59 bits per heavy atom. The quantitative estimate of drug-likeness (QED) is 0.500. The van der Waals surface area contributed by atoms with Gasteiger partial charge in [0.2, 0.25) is 0 Å². The molecule has 0 amide bonds. The molecule has 0 saturated carbocycles. The normalized spacial score (nSPS) is 17.3. The smallest absolute Gasteiger partial charge is 0.335 e. The summed E-state index contributed by atoms with van der Waals surface area (Å²) in [5.41, 5.74) is 2.31. The zero-order valence-corrected chi connectivity index (χ0v) is 18.9. The van der Waals surface area contributed by atoms with E-state index in [9.17, 15) is 9.90 Å². The Labute approximate surface area is 189 Å². The number of nitrogens with zero attached hydrogens (tertiary/aromatic N) is 2. The van der Waals surface area contributed by atoms with Crippen LogP contribution >= 0.6 is 0 Å². The molecule has 8 nitrogen and oxygen atoms in total. The number of likely N-dealkylation sites (tertiary alicyclic amines) is 1. The van der Waals surface area contributed by atoms with Crippen LogP contribution in [-0.2, 0) is 14.2 Å². The lowest BCUT2D eigenvalue weighted by atomic mass is 10.0. The second-order valence-corrected chi connectivity index (χ2v) is 7.85. The van der Waals surface area contributed by atoms with Gasteiger partial charge in [-0.05, 0) is 48.4 Å². The van der Waals surface area contributed by atoms with Gasteiger partial charge in [-0.3, -0.25) is 4.90 Å². The Hall–Kier alpha value is -2.65. The number of likely N-dealkylation sites (N-methyl/N-ethyl adjacent to an activating group) is 1. The summed E-state index contributed by atoms with van der Waals surface area (Å²) in [5.74, 6) is -0.190. The van der Waals surface area contributed by atoms with Gasteiger partial charge in [-0.15, -0.1) is 0 Å². The summed E-state index contributed by atoms with van der Waals surface area (Å²) in [7, 11) is 5.25. The molecule has 2 atom stereocenters. The van der Waals surface area contributed by atoms with Gasteiger partial charge in [-0.25, -0.2) is 4.79 Å². The Kier molecular flexibility index (Phi) is 8.87. The van der Waals surface area contributed by atoms with Crippen LogP contribution in [0.15, 0.2) is 48.5 Å². The minimum atomic E-state index is -0.932. The van der Waals surface area contributed by atoms with E-state index in [1.54, 1.807) is 26.4 Å². The molecule has 3 rings (SSSR count). The number of anilines is 1. The number of benzene rings is 2. The summed E-state index contributed by atoms with van der Waals surface area (Å²) in [6.45, 7) is 3.06. The third kappa shape index (κ3) is 6.43. The van der Waals surface area contributed by atoms with Crippen LogP contribution < -0.4 is 9.64 Å². The van der Waals surface area contributed by atoms with Crippen molar-refractivity contribution in [2.75, 3.05) is 59.4 Å². The Morgan fingerprint density at radius 1 is 1.16 bits per heavy atom. The monoisotopic (exact) mass is 444 g/mol. The molecule has 174 valence electrons. The van der Waals surface area contributed by atoms with Crippen molar-refractivity contribution in [3.8, 4) is 5.75 Å². The minimum absolute atomic E-state index is 0.0259. The molecule has 1 heterocycles. The molecule has 0 radical (unpaired) electrons. The maximum absolute atomic E-state index is 11.2. The van der Waals surface area contributed by atoms with Crippen LogP contribution in [0.3, 0.4) is 0 Å². The van der Waals surface area contributed by atoms with Crippen LogP contribution in [0.5, 0.6) is 5.75 Å². The van der Waals surface area contributed by atoms with Crippen molar-refractivity contribution >= 4 is 11.7 Å². The summed E-state index contributed by atoms with van der Waals surface area (Å²) in [4.78, 5) is 15.8. The summed E-state index contributed by atoms with van der Waals surface area (Å²) < 4.78 is 21.5. The van der Waals surface area contributed by atoms with Gasteiger partial charge in [0.25, 0.3) is 0 Å². The van der Waals surface area contributed by atoms with Crippen LogP contribution in [0, 0.1) is 0 Å². The molecule has 8 heteroatoms. The molecule has 0 spiro atoms. The van der Waals surface area contributed by atoms with E-state index < -0.39 is 5.97 Å². The molecule has 1 N–H and O–H groups in total. The van der Waals surface area contributed by atoms with Crippen molar-refractivity contribution in [1.82, 2.24) is 4.90 Å². The summed E-state index contributed by atoms with van der Waals surface area (Å²) in [5, 5.41) is 9.21. The highest BCUT2D eigenvalue weighted by Gasteiger charge is 2.28. The van der Waals surface area contributed by atoms with Gasteiger partial charge in [-0.2, -0.15) is 0 Å². The molecule has 32 heavy (non-hydrogen) atoms. The largest absolute Gasteiger partial charge is 0.478 e. The maximum atomic E-state index is 11.2. The van der Waals surface area contributed by atoms with Crippen molar-refractivity contribution in [2.45, 2.75) is 18.6 Å². The summed E-state index contributed by atoms with van der Waals surface area (Å²) in [6, 6.07) is 15.0. The number of rotatable bonds is 12. The van der Waals surface area contributed by atoms with Gasteiger partial charge in [0, 0.05) is 46.6 Å². The fourth-order valence-corrected chi connectivity index (χ4v) is 3.92. The van der Waals surface area contributed by atoms with E-state index in [-0.39, 0.29) is 24.5 Å². The first kappa shape index (κ1) is 24.0. The number of carboxylic acids is 1. The highest BCUT2D eigenvalue weighted by atomic mass is 16.7. The van der Waals surface area contributed by atoms with E-state index in [0.29, 0.717) is 6.79 Å². The lowest BCUT2D eigenvalue weighted by Crippen LogP contribution is -2.36. The maximum Gasteiger partial charge on any atom is 0.335 e. The van der Waals surface area contributed by atoms with Crippen LogP contribution in [0.1, 0.15) is 28.4 Å². The zero-order valence-electron chi connectivity index (χ0n) is 18.9. The molecule has 0 bridgehead atoms. The predicted octanol–water partition coefficient (Wildman–Crippen LogP) is 3.24. The Bertz CT molecular complexity index is 860. The molecule has 0 aromatic heterocycles. The fourth-order valence-electron chi connectivity index (χ4n) is 3.92. The van der Waals surface area contributed by atoms with Crippen molar-refractivity contribution in [2.24, 2.45) is 0 Å². The highest BCUT2D eigenvalue weighted by molar-refractivity contribution is 5.88. The average Bonchev–Trinajstić information content (AvgIpc) is 3.27. The van der Waals surface area contributed by atoms with E-state index in [4.69, 9.17) is 18.9 Å². The third-order valence-corrected chi connectivity index (χ3v) is 5.66. The number of hydrogen-bond acceptors (Lipinski definition) is 7. The van der Waals surface area contributed by atoms with Crippen LogP contribution in [0.2, 0.25) is 0 Å². The number of ether oxygens (including phenoxy) is 4. The second kappa shape index (κ2) is 11.8. The Balaban J connectivity index is 1.81. The first-order chi connectivity index (χ1) is 15.5. The molecule has 1 saturated heterocycles. The van der Waals surface area contributed by atoms with E-state index in [0.717, 1.165) is 43.1 Å². The molecule has 1 aliphatic rings. The predicted molar refractivity (Wildman–Crippen MR) is 121 cm³/mol. The van der Waals surface area contributed by atoms with Gasteiger partial charge in [0.1, 0.15) is 12.5 Å². The van der Waals surface area contributed by atoms with E-state index >= 15 is 0 Å². The minimum Gasteiger partial charge on any atom is -0.478 e. The molecule has 1 aliphatic heterocycles. The average molecular weight is 445 g/mol. The molecule has 1 unspecified atom stereocenters. The van der Waals surface area contributed by atoms with E-state index in [2.05, 4.69) is 15.9 Å². The van der Waals surface area contributed by atoms with Gasteiger partial charge in [-0.1, -0.05) is 12.1 Å². The third-order valence-electron chi connectivity index (χ3n) is 5.66. The molecular formula is C24H32N2O6. The van der Waals surface area contributed by atoms with E-state index in [1.807, 2.05) is 37.4 Å². The topological polar surface area (TPSA) is 80.7 Å². The van der Waals surface area contributed by atoms with Crippen molar-refractivity contribution in [3.05, 3.63) is 59.7 Å². The lowest BCUT2D eigenvalue weighted by Gasteiger charge is -2.34. The second-order valence-electron chi connectivity index (χ2n) is 7.85. The van der Waals surface area contributed by atoms with E-state index in [1.165, 1.54) is 0 Å². The molecule has 2 aromatic rings. The number of aromatic carboxylic acids is 1. The SMILES string of the molecule is COCOc1cccc([C@H](CN2CCC(OCOC)C2)N(C)c2ccc(C(=O)O)cc2)c1. The summed E-state index contributed by atoms with van der Waals surface area (Å²) in [6.07, 6.45) is 1.12. The number of methoxy groups -OCH3 is 2. The lowest BCUT2D eigenvalue weighted by molar-refractivity contribution is -0.0671. The fraction of sp³-hybridized carbons (Fsp3) is 0.458. The van der Waals surface area contributed by atoms with Gasteiger partial charge < -0.3 is 29.0 Å². The summed E-state index contributed by atoms with van der Waals surface area (Å²) >= 11 is 0. The molecular weight excluding hydrogens is 412 g/mol. The first-order valence-electron chi connectivity index (χ1n) is 10.6. The number of hydrogen-bond donors (Lipinski definition) is 1. The molecule has 0 aliphatic carbocycles. The van der Waals surface area contributed by atoms with Crippen molar-refractivity contribution in [3.63, 3.8) is 0 Å². The number of carbonyl (C=O) groups is 1. The molecule has 1 fully saturated rings. The standard InChI is InChI=1S/C24H32N2O6/c1-25(20-9-7-18(8-10-20)24(27)28)23(15-26-12-11-22(14-26)32-17-30-3)19-5-4-6-21(13-19)31-16-29-2/h4-10,13,22-23H,11-12,14-17H2,1-3H3,(H,27,28)/t22?,23-/m0/s1. The number of carboxylic acid groups (broad SMARTS) is 1. The van der Waals surface area contributed by atoms with Gasteiger partial charge in [0.05, 0.1) is 17.7 Å².